The molecular formula is C23H46O4. The van der Waals surface area contributed by atoms with Crippen LogP contribution >= 0.6 is 0 Å². The van der Waals surface area contributed by atoms with E-state index in [1.165, 1.54) is 96.8 Å². The number of esters is 1. The molecule has 2 unspecified atom stereocenters. The van der Waals surface area contributed by atoms with Gasteiger partial charge in [0.25, 0.3) is 0 Å². The van der Waals surface area contributed by atoms with E-state index in [0.29, 0.717) is 6.42 Å². The Morgan fingerprint density at radius 3 is 1.44 bits per heavy atom. The first kappa shape index (κ1) is 26.4. The second kappa shape index (κ2) is 20.1. The van der Waals surface area contributed by atoms with E-state index in [1.807, 2.05) is 0 Å². The van der Waals surface area contributed by atoms with Crippen molar-refractivity contribution in [2.24, 2.45) is 0 Å². The molecule has 0 heterocycles. The van der Waals surface area contributed by atoms with E-state index >= 15 is 0 Å². The Morgan fingerprint density at radius 1 is 0.741 bits per heavy atom. The van der Waals surface area contributed by atoms with Gasteiger partial charge in [-0.2, -0.15) is 0 Å². The van der Waals surface area contributed by atoms with Crippen molar-refractivity contribution >= 4 is 5.97 Å². The zero-order valence-corrected chi connectivity index (χ0v) is 18.1. The zero-order valence-electron chi connectivity index (χ0n) is 18.1. The minimum Gasteiger partial charge on any atom is -0.460 e. The van der Waals surface area contributed by atoms with Gasteiger partial charge in [-0.05, 0) is 12.8 Å². The first-order chi connectivity index (χ1) is 13.1. The Morgan fingerprint density at radius 2 is 1.11 bits per heavy atom. The molecule has 0 aliphatic rings. The molecule has 0 radical (unpaired) electrons. The number of carbonyl (C=O) groups is 1. The standard InChI is InChI=1S/C23H46O4/c1-3-4-5-6-7-8-9-10-11-12-13-14-15-16-17-18-19-23(22(26)20-24)27-21(2)25/h22-24,26H,3-20H2,1-2H3. The topological polar surface area (TPSA) is 66.8 Å². The number of carbonyl (C=O) groups excluding carboxylic acids is 1. The third-order valence-electron chi connectivity index (χ3n) is 5.28. The molecule has 0 rings (SSSR count). The molecule has 2 N–H and O–H groups in total. The van der Waals surface area contributed by atoms with E-state index in [0.717, 1.165) is 12.8 Å². The number of hydrogen-bond donors (Lipinski definition) is 2. The summed E-state index contributed by atoms with van der Waals surface area (Å²) in [5, 5.41) is 18.7. The van der Waals surface area contributed by atoms with Crippen LogP contribution in [0.3, 0.4) is 0 Å². The van der Waals surface area contributed by atoms with E-state index in [4.69, 9.17) is 9.84 Å². The lowest BCUT2D eigenvalue weighted by molar-refractivity contribution is -0.154. The summed E-state index contributed by atoms with van der Waals surface area (Å²) in [6, 6.07) is 0. The number of hydrogen-bond acceptors (Lipinski definition) is 4. The quantitative estimate of drug-likeness (QED) is 0.201. The zero-order chi connectivity index (χ0) is 20.2. The molecule has 0 saturated heterocycles. The summed E-state index contributed by atoms with van der Waals surface area (Å²) < 4.78 is 5.08. The average molecular weight is 387 g/mol. The van der Waals surface area contributed by atoms with Gasteiger partial charge in [-0.3, -0.25) is 4.79 Å². The number of ether oxygens (including phenoxy) is 1. The van der Waals surface area contributed by atoms with E-state index < -0.39 is 18.2 Å². The number of aliphatic hydroxyl groups excluding tert-OH is 2. The summed E-state index contributed by atoms with van der Waals surface area (Å²) in [7, 11) is 0. The molecule has 0 aliphatic heterocycles. The Kier molecular flexibility index (Phi) is 19.7. The third kappa shape index (κ3) is 18.5. The summed E-state index contributed by atoms with van der Waals surface area (Å²) in [4.78, 5) is 11.0. The van der Waals surface area contributed by atoms with Crippen molar-refractivity contribution in [2.45, 2.75) is 135 Å². The summed E-state index contributed by atoms with van der Waals surface area (Å²) in [5.41, 5.74) is 0. The smallest absolute Gasteiger partial charge is 0.302 e. The van der Waals surface area contributed by atoms with Gasteiger partial charge in [-0.25, -0.2) is 0 Å². The highest BCUT2D eigenvalue weighted by molar-refractivity contribution is 5.66. The fourth-order valence-corrected chi connectivity index (χ4v) is 3.55. The van der Waals surface area contributed by atoms with Crippen molar-refractivity contribution in [2.75, 3.05) is 6.61 Å². The maximum absolute atomic E-state index is 11.0. The van der Waals surface area contributed by atoms with Gasteiger partial charge in [-0.1, -0.05) is 103 Å². The number of unbranched alkanes of at least 4 members (excludes halogenated alkanes) is 15. The maximum atomic E-state index is 11.0. The largest absolute Gasteiger partial charge is 0.460 e. The van der Waals surface area contributed by atoms with Gasteiger partial charge in [0.15, 0.2) is 0 Å². The molecule has 0 spiro atoms. The van der Waals surface area contributed by atoms with Gasteiger partial charge in [-0.15, -0.1) is 0 Å². The lowest BCUT2D eigenvalue weighted by Crippen LogP contribution is -2.33. The van der Waals surface area contributed by atoms with Gasteiger partial charge in [0.2, 0.25) is 0 Å². The van der Waals surface area contributed by atoms with Crippen LogP contribution in [-0.2, 0) is 9.53 Å². The van der Waals surface area contributed by atoms with Crippen molar-refractivity contribution in [1.82, 2.24) is 0 Å². The summed E-state index contributed by atoms with van der Waals surface area (Å²) >= 11 is 0. The highest BCUT2D eigenvalue weighted by atomic mass is 16.6. The molecule has 0 bridgehead atoms. The summed E-state index contributed by atoms with van der Waals surface area (Å²) in [6.07, 6.45) is 20.2. The van der Waals surface area contributed by atoms with E-state index in [2.05, 4.69) is 6.92 Å². The minimum absolute atomic E-state index is 0.364. The fraction of sp³-hybridized carbons (Fsp3) is 0.957. The van der Waals surface area contributed by atoms with Crippen LogP contribution in [-0.4, -0.2) is 35.0 Å². The second-order valence-corrected chi connectivity index (χ2v) is 7.99. The van der Waals surface area contributed by atoms with Crippen LogP contribution < -0.4 is 0 Å². The second-order valence-electron chi connectivity index (χ2n) is 7.99. The third-order valence-corrected chi connectivity index (χ3v) is 5.28. The van der Waals surface area contributed by atoms with Crippen molar-refractivity contribution in [3.05, 3.63) is 0 Å². The molecular weight excluding hydrogens is 340 g/mol. The molecule has 162 valence electrons. The molecule has 27 heavy (non-hydrogen) atoms. The van der Waals surface area contributed by atoms with Crippen LogP contribution in [0.2, 0.25) is 0 Å². The minimum atomic E-state index is -0.967. The maximum Gasteiger partial charge on any atom is 0.302 e. The van der Waals surface area contributed by atoms with Crippen LogP contribution in [0.25, 0.3) is 0 Å². The van der Waals surface area contributed by atoms with Crippen LogP contribution in [0.15, 0.2) is 0 Å². The fourth-order valence-electron chi connectivity index (χ4n) is 3.55. The first-order valence-electron chi connectivity index (χ1n) is 11.6. The van der Waals surface area contributed by atoms with Crippen LogP contribution in [0.4, 0.5) is 0 Å². The monoisotopic (exact) mass is 386 g/mol. The number of aliphatic hydroxyl groups is 2. The lowest BCUT2D eigenvalue weighted by atomic mass is 10.0. The van der Waals surface area contributed by atoms with Gasteiger partial charge >= 0.3 is 5.97 Å². The van der Waals surface area contributed by atoms with E-state index in [1.54, 1.807) is 0 Å². The molecule has 0 aromatic rings. The first-order valence-corrected chi connectivity index (χ1v) is 11.6. The lowest BCUT2D eigenvalue weighted by Gasteiger charge is -2.21. The van der Waals surface area contributed by atoms with E-state index in [9.17, 15) is 9.90 Å². The van der Waals surface area contributed by atoms with Crippen molar-refractivity contribution < 1.29 is 19.7 Å². The molecule has 2 atom stereocenters. The van der Waals surface area contributed by atoms with Crippen LogP contribution in [0.5, 0.6) is 0 Å². The van der Waals surface area contributed by atoms with Gasteiger partial charge < -0.3 is 14.9 Å². The van der Waals surface area contributed by atoms with Crippen LogP contribution in [0.1, 0.15) is 123 Å². The molecule has 0 fully saturated rings. The molecule has 0 aromatic carbocycles. The average Bonchev–Trinajstić information content (AvgIpc) is 2.65. The van der Waals surface area contributed by atoms with Gasteiger partial charge in [0, 0.05) is 6.92 Å². The van der Waals surface area contributed by atoms with Crippen molar-refractivity contribution in [1.29, 1.82) is 0 Å². The molecule has 0 aromatic heterocycles. The van der Waals surface area contributed by atoms with Gasteiger partial charge in [0.05, 0.1) is 6.61 Å². The van der Waals surface area contributed by atoms with Crippen molar-refractivity contribution in [3.8, 4) is 0 Å². The summed E-state index contributed by atoms with van der Waals surface area (Å²) in [5.74, 6) is -0.399. The van der Waals surface area contributed by atoms with Crippen molar-refractivity contribution in [3.63, 3.8) is 0 Å². The molecule has 4 nitrogen and oxygen atoms in total. The Bertz CT molecular complexity index is 320. The number of rotatable bonds is 20. The molecule has 0 amide bonds. The van der Waals surface area contributed by atoms with E-state index in [-0.39, 0.29) is 6.61 Å². The highest BCUT2D eigenvalue weighted by Gasteiger charge is 2.20. The SMILES string of the molecule is CCCCCCCCCCCCCCCCCCC(OC(C)=O)C(O)CO. The van der Waals surface area contributed by atoms with Crippen LogP contribution in [0, 0.1) is 0 Å². The Balaban J connectivity index is 3.33. The molecule has 0 aliphatic carbocycles. The Hall–Kier alpha value is -0.610. The molecule has 4 heteroatoms. The predicted octanol–water partition coefficient (Wildman–Crippen LogP) is 5.92. The molecule has 0 saturated carbocycles. The summed E-state index contributed by atoms with van der Waals surface area (Å²) in [6.45, 7) is 3.24. The van der Waals surface area contributed by atoms with Gasteiger partial charge in [0.1, 0.15) is 12.2 Å². The predicted molar refractivity (Wildman–Crippen MR) is 113 cm³/mol. The normalized spacial score (nSPS) is 13.5. The Labute approximate surface area is 168 Å². The highest BCUT2D eigenvalue weighted by Crippen LogP contribution is 2.15.